The first-order valence-corrected chi connectivity index (χ1v) is 7.35. The van der Waals surface area contributed by atoms with Gasteiger partial charge in [0.25, 0.3) is 10.1 Å². The highest BCUT2D eigenvalue weighted by Gasteiger charge is 2.19. The monoisotopic (exact) mass is 309 g/mol. The third kappa shape index (κ3) is 2.15. The Morgan fingerprint density at radius 3 is 2.65 bits per heavy atom. The van der Waals surface area contributed by atoms with Gasteiger partial charge in [-0.25, -0.2) is 4.98 Å². The van der Waals surface area contributed by atoms with Crippen molar-refractivity contribution < 1.29 is 13.0 Å². The van der Waals surface area contributed by atoms with E-state index in [-0.39, 0.29) is 10.2 Å². The highest BCUT2D eigenvalue weighted by atomic mass is 35.5. The normalized spacial score (nSPS) is 11.9. The molecule has 1 aromatic carbocycles. The number of rotatable bonds is 2. The second-order valence-electron chi connectivity index (χ2n) is 4.04. The SMILES string of the molecule is O=S(=O)(O)c1cn(-c2ccnc(Cl)n2)c2ccccc12. The Bertz CT molecular complexity index is 905. The summed E-state index contributed by atoms with van der Waals surface area (Å²) in [5.74, 6) is 0.413. The summed E-state index contributed by atoms with van der Waals surface area (Å²) in [6.07, 6.45) is 2.77. The van der Waals surface area contributed by atoms with E-state index in [0.717, 1.165) is 0 Å². The molecule has 1 N–H and O–H groups in total. The Labute approximate surface area is 119 Å². The molecule has 0 unspecified atom stereocenters. The summed E-state index contributed by atoms with van der Waals surface area (Å²) in [6.45, 7) is 0. The van der Waals surface area contributed by atoms with Crippen LogP contribution in [0.15, 0.2) is 47.6 Å². The van der Waals surface area contributed by atoms with Gasteiger partial charge in [-0.1, -0.05) is 18.2 Å². The molecule has 20 heavy (non-hydrogen) atoms. The van der Waals surface area contributed by atoms with Crippen LogP contribution in [0.2, 0.25) is 5.28 Å². The van der Waals surface area contributed by atoms with Gasteiger partial charge in [-0.3, -0.25) is 9.12 Å². The van der Waals surface area contributed by atoms with Crippen LogP contribution in [-0.2, 0) is 10.1 Å². The molecule has 0 spiro atoms. The minimum absolute atomic E-state index is 0.0497. The molecule has 0 bridgehead atoms. The van der Waals surface area contributed by atoms with Crippen molar-refractivity contribution in [2.45, 2.75) is 4.90 Å². The van der Waals surface area contributed by atoms with E-state index >= 15 is 0 Å². The van der Waals surface area contributed by atoms with Gasteiger partial charge in [0, 0.05) is 17.8 Å². The lowest BCUT2D eigenvalue weighted by Crippen LogP contribution is -1.98. The van der Waals surface area contributed by atoms with E-state index in [9.17, 15) is 13.0 Å². The van der Waals surface area contributed by atoms with E-state index in [4.69, 9.17) is 11.6 Å². The molecular weight excluding hydrogens is 302 g/mol. The van der Waals surface area contributed by atoms with Crippen molar-refractivity contribution >= 4 is 32.6 Å². The lowest BCUT2D eigenvalue weighted by molar-refractivity contribution is 0.484. The molecule has 0 aliphatic rings. The van der Waals surface area contributed by atoms with Crippen LogP contribution in [-0.4, -0.2) is 27.5 Å². The van der Waals surface area contributed by atoms with Crippen molar-refractivity contribution in [2.75, 3.05) is 0 Å². The molecule has 0 aliphatic heterocycles. The summed E-state index contributed by atoms with van der Waals surface area (Å²) >= 11 is 5.74. The van der Waals surface area contributed by atoms with E-state index in [0.29, 0.717) is 16.7 Å². The highest BCUT2D eigenvalue weighted by Crippen LogP contribution is 2.27. The Balaban J connectivity index is 2.38. The van der Waals surface area contributed by atoms with Gasteiger partial charge in [-0.2, -0.15) is 13.4 Å². The van der Waals surface area contributed by atoms with Gasteiger partial charge in [0.1, 0.15) is 10.7 Å². The molecule has 0 atom stereocenters. The minimum Gasteiger partial charge on any atom is -0.300 e. The largest absolute Gasteiger partial charge is 0.300 e. The number of fused-ring (bicyclic) bond motifs is 1. The van der Waals surface area contributed by atoms with Gasteiger partial charge in [-0.05, 0) is 23.7 Å². The van der Waals surface area contributed by atoms with Gasteiger partial charge < -0.3 is 0 Å². The van der Waals surface area contributed by atoms with Crippen molar-refractivity contribution in [3.8, 4) is 5.82 Å². The topological polar surface area (TPSA) is 85.1 Å². The summed E-state index contributed by atoms with van der Waals surface area (Å²) < 4.78 is 33.7. The Hall–Kier alpha value is -1.96. The number of halogens is 1. The van der Waals surface area contributed by atoms with E-state index < -0.39 is 10.1 Å². The van der Waals surface area contributed by atoms with Crippen LogP contribution in [0.4, 0.5) is 0 Å². The molecule has 0 amide bonds. The summed E-state index contributed by atoms with van der Waals surface area (Å²) in [4.78, 5) is 7.63. The third-order valence-corrected chi connectivity index (χ3v) is 3.87. The fourth-order valence-electron chi connectivity index (χ4n) is 2.00. The van der Waals surface area contributed by atoms with Gasteiger partial charge in [0.15, 0.2) is 0 Å². The first-order valence-electron chi connectivity index (χ1n) is 5.53. The molecule has 6 nitrogen and oxygen atoms in total. The van der Waals surface area contributed by atoms with E-state index in [2.05, 4.69) is 9.97 Å². The maximum absolute atomic E-state index is 11.4. The second kappa shape index (κ2) is 4.55. The summed E-state index contributed by atoms with van der Waals surface area (Å²) in [7, 11) is -4.32. The van der Waals surface area contributed by atoms with Crippen LogP contribution in [0.3, 0.4) is 0 Å². The number of aromatic nitrogens is 3. The number of nitrogens with zero attached hydrogens (tertiary/aromatic N) is 3. The van der Waals surface area contributed by atoms with Gasteiger partial charge in [0.2, 0.25) is 5.28 Å². The predicted octanol–water partition coefficient (Wildman–Crippen LogP) is 2.32. The predicted molar refractivity (Wildman–Crippen MR) is 73.7 cm³/mol. The lowest BCUT2D eigenvalue weighted by Gasteiger charge is -2.03. The van der Waals surface area contributed by atoms with Gasteiger partial charge in [0.05, 0.1) is 5.52 Å². The maximum atomic E-state index is 11.4. The molecule has 2 heterocycles. The molecule has 0 radical (unpaired) electrons. The lowest BCUT2D eigenvalue weighted by atomic mass is 10.2. The molecule has 2 aromatic heterocycles. The molecule has 0 aliphatic carbocycles. The Kier molecular flexibility index (Phi) is 2.97. The average Bonchev–Trinajstić information content (AvgIpc) is 2.78. The number of para-hydroxylation sites is 1. The summed E-state index contributed by atoms with van der Waals surface area (Å²) in [5.41, 5.74) is 0.592. The smallest absolute Gasteiger partial charge is 0.296 e. The highest BCUT2D eigenvalue weighted by molar-refractivity contribution is 7.86. The van der Waals surface area contributed by atoms with Crippen LogP contribution >= 0.6 is 11.6 Å². The zero-order chi connectivity index (χ0) is 14.3. The van der Waals surface area contributed by atoms with Crippen LogP contribution in [0.1, 0.15) is 0 Å². The zero-order valence-electron chi connectivity index (χ0n) is 9.93. The van der Waals surface area contributed by atoms with Crippen LogP contribution in [0.5, 0.6) is 0 Å². The fraction of sp³-hybridized carbons (Fsp3) is 0. The quantitative estimate of drug-likeness (QED) is 0.580. The van der Waals surface area contributed by atoms with Crippen molar-refractivity contribution in [2.24, 2.45) is 0 Å². The maximum Gasteiger partial charge on any atom is 0.296 e. The first-order chi connectivity index (χ1) is 9.47. The molecule has 0 saturated heterocycles. The second-order valence-corrected chi connectivity index (χ2v) is 5.77. The summed E-state index contributed by atoms with van der Waals surface area (Å²) in [6, 6.07) is 8.37. The Morgan fingerprint density at radius 1 is 1.20 bits per heavy atom. The molecule has 8 heteroatoms. The van der Waals surface area contributed by atoms with Crippen LogP contribution in [0, 0.1) is 0 Å². The van der Waals surface area contributed by atoms with E-state index in [1.807, 2.05) is 0 Å². The molecule has 3 aromatic rings. The fourth-order valence-corrected chi connectivity index (χ4v) is 2.84. The minimum atomic E-state index is -4.32. The first kappa shape index (κ1) is 13.0. The third-order valence-electron chi connectivity index (χ3n) is 2.81. The molecular formula is C12H8ClN3O3S. The average molecular weight is 310 g/mol. The number of hydrogen-bond acceptors (Lipinski definition) is 4. The molecule has 102 valence electrons. The van der Waals surface area contributed by atoms with Crippen molar-refractivity contribution in [1.29, 1.82) is 0 Å². The van der Waals surface area contributed by atoms with Gasteiger partial charge >= 0.3 is 0 Å². The number of hydrogen-bond donors (Lipinski definition) is 1. The number of benzene rings is 1. The van der Waals surface area contributed by atoms with Gasteiger partial charge in [-0.15, -0.1) is 0 Å². The van der Waals surface area contributed by atoms with E-state index in [1.54, 1.807) is 30.3 Å². The van der Waals surface area contributed by atoms with Crippen molar-refractivity contribution in [1.82, 2.24) is 14.5 Å². The standard InChI is InChI=1S/C12H8ClN3O3S/c13-12-14-6-5-11(15-12)16-7-10(20(17,18)19)8-3-1-2-4-9(8)16/h1-7H,(H,17,18,19). The van der Waals surface area contributed by atoms with Crippen LogP contribution < -0.4 is 0 Å². The molecule has 3 rings (SSSR count). The summed E-state index contributed by atoms with van der Waals surface area (Å²) in [5, 5.41) is 0.457. The molecule has 0 saturated carbocycles. The Morgan fingerprint density at radius 2 is 1.95 bits per heavy atom. The van der Waals surface area contributed by atoms with E-state index in [1.165, 1.54) is 17.0 Å². The van der Waals surface area contributed by atoms with Crippen molar-refractivity contribution in [3.05, 3.63) is 48.0 Å². The zero-order valence-corrected chi connectivity index (χ0v) is 11.5. The molecule has 0 fully saturated rings. The van der Waals surface area contributed by atoms with Crippen LogP contribution in [0.25, 0.3) is 16.7 Å². The van der Waals surface area contributed by atoms with Crippen molar-refractivity contribution in [3.63, 3.8) is 0 Å².